The molecule has 0 aromatic carbocycles. The van der Waals surface area contributed by atoms with E-state index < -0.39 is 12.6 Å². The molecular formula is C9H7Br2F3OS. The summed E-state index contributed by atoms with van der Waals surface area (Å²) in [6, 6.07) is 1.62. The van der Waals surface area contributed by atoms with E-state index in [0.717, 1.165) is 3.79 Å². The van der Waals surface area contributed by atoms with Gasteiger partial charge in [-0.05, 0) is 44.3 Å². The van der Waals surface area contributed by atoms with Crippen molar-refractivity contribution in [1.82, 2.24) is 0 Å². The van der Waals surface area contributed by atoms with Crippen molar-refractivity contribution in [3.63, 3.8) is 0 Å². The Labute approximate surface area is 111 Å². The summed E-state index contributed by atoms with van der Waals surface area (Å²) in [6.45, 7) is 0. The van der Waals surface area contributed by atoms with Gasteiger partial charge in [0.2, 0.25) is 0 Å². The summed E-state index contributed by atoms with van der Waals surface area (Å²) in [5.41, 5.74) is 0.444. The van der Waals surface area contributed by atoms with E-state index in [1.54, 1.807) is 6.07 Å². The molecule has 1 rings (SSSR count). The fourth-order valence-electron chi connectivity index (χ4n) is 1.11. The van der Waals surface area contributed by atoms with Gasteiger partial charge in [0.1, 0.15) is 0 Å². The van der Waals surface area contributed by atoms with Gasteiger partial charge in [-0.25, -0.2) is 0 Å². The zero-order valence-electron chi connectivity index (χ0n) is 7.90. The summed E-state index contributed by atoms with van der Waals surface area (Å²) in [5.74, 6) is -0.266. The summed E-state index contributed by atoms with van der Waals surface area (Å²) in [7, 11) is 0. The van der Waals surface area contributed by atoms with Crippen molar-refractivity contribution in [2.24, 2.45) is 0 Å². The molecule has 0 unspecified atom stereocenters. The molecule has 0 aliphatic carbocycles. The van der Waals surface area contributed by atoms with Gasteiger partial charge in [0, 0.05) is 18.4 Å². The predicted octanol–water partition coefficient (Wildman–Crippen LogP) is 5.19. The van der Waals surface area contributed by atoms with Crippen LogP contribution >= 0.6 is 43.2 Å². The maximum absolute atomic E-state index is 11.9. The molecular weight excluding hydrogens is 373 g/mol. The van der Waals surface area contributed by atoms with Crippen LogP contribution in [0.15, 0.2) is 13.6 Å². The Kier molecular flexibility index (Phi) is 5.00. The number of ketones is 1. The molecule has 16 heavy (non-hydrogen) atoms. The van der Waals surface area contributed by atoms with Crippen molar-refractivity contribution >= 4 is 49.0 Å². The highest BCUT2D eigenvalue weighted by Crippen LogP contribution is 2.33. The fourth-order valence-corrected chi connectivity index (χ4v) is 3.97. The monoisotopic (exact) mass is 378 g/mol. The molecule has 0 fully saturated rings. The maximum Gasteiger partial charge on any atom is 0.389 e. The molecule has 0 saturated heterocycles. The average molecular weight is 380 g/mol. The van der Waals surface area contributed by atoms with Crippen LogP contribution in [0, 0.1) is 0 Å². The number of hydrogen-bond acceptors (Lipinski definition) is 2. The van der Waals surface area contributed by atoms with Crippen LogP contribution in [-0.2, 0) is 0 Å². The Balaban J connectivity index is 2.51. The van der Waals surface area contributed by atoms with Crippen LogP contribution in [0.2, 0.25) is 0 Å². The first-order chi connectivity index (χ1) is 7.29. The SMILES string of the molecule is O=C(CCCC(F)(F)F)c1cc(Br)sc1Br. The van der Waals surface area contributed by atoms with Crippen LogP contribution < -0.4 is 0 Å². The molecule has 0 aliphatic heterocycles. The normalized spacial score (nSPS) is 11.8. The van der Waals surface area contributed by atoms with Crippen molar-refractivity contribution < 1.29 is 18.0 Å². The molecule has 1 heterocycles. The van der Waals surface area contributed by atoms with Crippen molar-refractivity contribution in [2.75, 3.05) is 0 Å². The summed E-state index contributed by atoms with van der Waals surface area (Å²) in [4.78, 5) is 11.6. The number of carbonyl (C=O) groups is 1. The highest BCUT2D eigenvalue weighted by molar-refractivity contribution is 9.12. The van der Waals surface area contributed by atoms with Crippen molar-refractivity contribution in [3.05, 3.63) is 19.2 Å². The lowest BCUT2D eigenvalue weighted by Gasteiger charge is -2.04. The van der Waals surface area contributed by atoms with E-state index in [1.165, 1.54) is 11.3 Å². The standard InChI is InChI=1S/C9H7Br2F3OS/c10-7-4-5(8(11)16-7)6(15)2-1-3-9(12,13)14/h4H,1-3H2. The number of Topliss-reactive ketones (excluding diaryl/α,β-unsaturated/α-hetero) is 1. The molecule has 90 valence electrons. The minimum Gasteiger partial charge on any atom is -0.294 e. The van der Waals surface area contributed by atoms with E-state index in [-0.39, 0.29) is 18.6 Å². The number of alkyl halides is 3. The lowest BCUT2D eigenvalue weighted by Crippen LogP contribution is -2.08. The highest BCUT2D eigenvalue weighted by atomic mass is 79.9. The maximum atomic E-state index is 11.9. The van der Waals surface area contributed by atoms with E-state index in [1.807, 2.05) is 0 Å². The third kappa shape index (κ3) is 4.55. The van der Waals surface area contributed by atoms with E-state index >= 15 is 0 Å². The second-order valence-corrected chi connectivity index (χ2v) is 6.88. The van der Waals surface area contributed by atoms with Crippen molar-refractivity contribution in [3.8, 4) is 0 Å². The molecule has 0 spiro atoms. The van der Waals surface area contributed by atoms with Crippen LogP contribution in [0.25, 0.3) is 0 Å². The highest BCUT2D eigenvalue weighted by Gasteiger charge is 2.27. The van der Waals surface area contributed by atoms with Gasteiger partial charge in [-0.3, -0.25) is 4.79 Å². The van der Waals surface area contributed by atoms with E-state index in [4.69, 9.17) is 0 Å². The predicted molar refractivity (Wildman–Crippen MR) is 64.0 cm³/mol. The molecule has 0 atom stereocenters. The molecule has 1 aromatic heterocycles. The topological polar surface area (TPSA) is 17.1 Å². The van der Waals surface area contributed by atoms with Gasteiger partial charge in [-0.2, -0.15) is 13.2 Å². The lowest BCUT2D eigenvalue weighted by atomic mass is 10.1. The fraction of sp³-hybridized carbons (Fsp3) is 0.444. The summed E-state index contributed by atoms with van der Waals surface area (Å²) < 4.78 is 37.0. The van der Waals surface area contributed by atoms with Crippen molar-refractivity contribution in [2.45, 2.75) is 25.4 Å². The Bertz CT molecular complexity index is 387. The zero-order chi connectivity index (χ0) is 12.3. The molecule has 0 bridgehead atoms. The van der Waals surface area contributed by atoms with Gasteiger partial charge >= 0.3 is 6.18 Å². The van der Waals surface area contributed by atoms with E-state index in [2.05, 4.69) is 31.9 Å². The zero-order valence-corrected chi connectivity index (χ0v) is 11.9. The van der Waals surface area contributed by atoms with Gasteiger partial charge in [0.25, 0.3) is 0 Å². The van der Waals surface area contributed by atoms with Gasteiger partial charge in [0.05, 0.1) is 7.57 Å². The molecule has 1 aromatic rings. The quantitative estimate of drug-likeness (QED) is 0.658. The Morgan fingerprint density at radius 3 is 2.44 bits per heavy atom. The second kappa shape index (κ2) is 5.64. The Hall–Kier alpha value is 0.120. The molecule has 0 N–H and O–H groups in total. The van der Waals surface area contributed by atoms with Gasteiger partial charge < -0.3 is 0 Å². The minimum atomic E-state index is -4.19. The van der Waals surface area contributed by atoms with Gasteiger partial charge in [0.15, 0.2) is 5.78 Å². The number of carbonyl (C=O) groups excluding carboxylic acids is 1. The summed E-state index contributed by atoms with van der Waals surface area (Å²) in [5, 5.41) is 0. The third-order valence-electron chi connectivity index (χ3n) is 1.82. The number of hydrogen-bond donors (Lipinski definition) is 0. The van der Waals surface area contributed by atoms with Crippen LogP contribution in [0.4, 0.5) is 13.2 Å². The summed E-state index contributed by atoms with van der Waals surface area (Å²) >= 11 is 7.73. The van der Waals surface area contributed by atoms with Crippen LogP contribution in [0.3, 0.4) is 0 Å². The smallest absolute Gasteiger partial charge is 0.294 e. The molecule has 7 heteroatoms. The lowest BCUT2D eigenvalue weighted by molar-refractivity contribution is -0.135. The average Bonchev–Trinajstić information content (AvgIpc) is 2.43. The minimum absolute atomic E-state index is 0.0821. The van der Waals surface area contributed by atoms with E-state index in [9.17, 15) is 18.0 Å². The Morgan fingerprint density at radius 2 is 2.00 bits per heavy atom. The number of thiophene rings is 1. The largest absolute Gasteiger partial charge is 0.389 e. The summed E-state index contributed by atoms with van der Waals surface area (Å²) in [6.07, 6.45) is -5.35. The first kappa shape index (κ1) is 14.2. The first-order valence-electron chi connectivity index (χ1n) is 4.34. The Morgan fingerprint density at radius 1 is 1.38 bits per heavy atom. The number of rotatable bonds is 4. The molecule has 0 amide bonds. The molecule has 0 aliphatic rings. The first-order valence-corrected chi connectivity index (χ1v) is 6.74. The van der Waals surface area contributed by atoms with Crippen LogP contribution in [0.5, 0.6) is 0 Å². The van der Waals surface area contributed by atoms with Crippen LogP contribution in [-0.4, -0.2) is 12.0 Å². The van der Waals surface area contributed by atoms with Crippen molar-refractivity contribution in [1.29, 1.82) is 0 Å². The van der Waals surface area contributed by atoms with Crippen LogP contribution in [0.1, 0.15) is 29.6 Å². The number of halogens is 5. The molecule has 1 nitrogen and oxygen atoms in total. The third-order valence-corrected chi connectivity index (χ3v) is 4.16. The van der Waals surface area contributed by atoms with Gasteiger partial charge in [-0.15, -0.1) is 11.3 Å². The van der Waals surface area contributed by atoms with Gasteiger partial charge in [-0.1, -0.05) is 0 Å². The second-order valence-electron chi connectivity index (χ2n) is 3.13. The van der Waals surface area contributed by atoms with E-state index in [0.29, 0.717) is 9.35 Å². The molecule has 0 saturated carbocycles. The molecule has 0 radical (unpaired) electrons.